The highest BCUT2D eigenvalue weighted by Gasteiger charge is 2.30. The van der Waals surface area contributed by atoms with Gasteiger partial charge in [0.15, 0.2) is 0 Å². The number of methoxy groups -OCH3 is 2. The summed E-state index contributed by atoms with van der Waals surface area (Å²) in [6.45, 7) is 4.06. The van der Waals surface area contributed by atoms with Crippen LogP contribution in [0.2, 0.25) is 0 Å². The molecule has 4 atom stereocenters. The van der Waals surface area contributed by atoms with E-state index in [1.54, 1.807) is 24.3 Å². The lowest BCUT2D eigenvalue weighted by atomic mass is 10.1. The minimum absolute atomic E-state index is 0.0196. The van der Waals surface area contributed by atoms with Crippen LogP contribution < -0.4 is 20.7 Å². The van der Waals surface area contributed by atoms with E-state index in [4.69, 9.17) is 9.47 Å². The van der Waals surface area contributed by atoms with Gasteiger partial charge in [-0.15, -0.1) is 0 Å². The quantitative estimate of drug-likeness (QED) is 0.367. The van der Waals surface area contributed by atoms with Gasteiger partial charge in [-0.05, 0) is 38.5 Å². The van der Waals surface area contributed by atoms with Gasteiger partial charge in [-0.1, -0.05) is 12.1 Å². The van der Waals surface area contributed by atoms with Gasteiger partial charge in [0, 0.05) is 0 Å². The summed E-state index contributed by atoms with van der Waals surface area (Å²) in [5, 5.41) is 16.8. The Kier molecular flexibility index (Phi) is 10.3. The van der Waals surface area contributed by atoms with Crippen LogP contribution in [-0.2, 0) is 30.5 Å². The number of rotatable bonds is 10. The first kappa shape index (κ1) is 25.7. The van der Waals surface area contributed by atoms with Gasteiger partial charge >= 0.3 is 12.1 Å². The van der Waals surface area contributed by atoms with Gasteiger partial charge in [-0.25, -0.2) is 9.59 Å². The number of carbonyl (C=O) groups is 4. The average Bonchev–Trinajstić information content (AvgIpc) is 2.74. The zero-order valence-corrected chi connectivity index (χ0v) is 18.1. The zero-order valence-electron chi connectivity index (χ0n) is 18.1. The van der Waals surface area contributed by atoms with Gasteiger partial charge < -0.3 is 35.3 Å². The molecule has 0 saturated heterocycles. The van der Waals surface area contributed by atoms with Crippen molar-refractivity contribution in [2.75, 3.05) is 14.2 Å². The molecule has 11 nitrogen and oxygen atoms in total. The molecule has 4 N–H and O–H groups in total. The fourth-order valence-corrected chi connectivity index (χ4v) is 2.38. The summed E-state index contributed by atoms with van der Waals surface area (Å²) in [5.74, 6) is -1.53. The Hall–Kier alpha value is -3.34. The molecule has 0 aliphatic heterocycles. The summed E-state index contributed by atoms with van der Waals surface area (Å²) < 4.78 is 14.6. The number of hydrogen-bond donors (Lipinski definition) is 4. The van der Waals surface area contributed by atoms with Crippen LogP contribution in [0.5, 0.6) is 5.75 Å². The van der Waals surface area contributed by atoms with E-state index in [0.717, 1.165) is 5.56 Å². The smallest absolute Gasteiger partial charge is 0.408 e. The predicted octanol–water partition coefficient (Wildman–Crippen LogP) is -0.147. The van der Waals surface area contributed by atoms with E-state index in [-0.39, 0.29) is 6.61 Å². The third-order valence-corrected chi connectivity index (χ3v) is 4.23. The highest BCUT2D eigenvalue weighted by Crippen LogP contribution is 2.12. The van der Waals surface area contributed by atoms with Crippen molar-refractivity contribution >= 4 is 23.9 Å². The normalized spacial score (nSPS) is 14.3. The van der Waals surface area contributed by atoms with Crippen molar-refractivity contribution < 1.29 is 38.5 Å². The highest BCUT2D eigenvalue weighted by atomic mass is 16.5. The number of alkyl carbamates (subject to hydrolysis) is 1. The molecule has 0 fully saturated rings. The van der Waals surface area contributed by atoms with Crippen LogP contribution in [0.1, 0.15) is 26.3 Å². The Morgan fingerprint density at radius 2 is 1.52 bits per heavy atom. The van der Waals surface area contributed by atoms with Crippen molar-refractivity contribution in [2.45, 2.75) is 51.6 Å². The van der Waals surface area contributed by atoms with E-state index in [9.17, 15) is 24.3 Å². The van der Waals surface area contributed by atoms with Crippen molar-refractivity contribution in [1.82, 2.24) is 16.0 Å². The maximum atomic E-state index is 12.3. The molecule has 0 unspecified atom stereocenters. The molecular weight excluding hydrogens is 410 g/mol. The van der Waals surface area contributed by atoms with Crippen LogP contribution in [0, 0.1) is 0 Å². The second-order valence-electron chi connectivity index (χ2n) is 6.77. The lowest BCUT2D eigenvalue weighted by molar-refractivity contribution is -0.145. The van der Waals surface area contributed by atoms with E-state index in [1.807, 2.05) is 0 Å². The molecule has 0 saturated carbocycles. The van der Waals surface area contributed by atoms with Crippen molar-refractivity contribution in [3.63, 3.8) is 0 Å². The van der Waals surface area contributed by atoms with E-state index >= 15 is 0 Å². The topological polar surface area (TPSA) is 152 Å². The number of aliphatic hydroxyl groups is 1. The number of carbonyl (C=O) groups excluding carboxylic acids is 4. The van der Waals surface area contributed by atoms with Crippen LogP contribution in [0.15, 0.2) is 24.3 Å². The standard InChI is InChI=1S/C20H29N3O8/c1-11(22-20(28)31-10-14-6-8-15(29-4)9-7-14)17(25)23-16(13(3)24)18(26)21-12(2)19(27)30-5/h6-9,11-13,16,24H,10H2,1-5H3,(H,21,26)(H,22,28)(H,23,25)/t11-,12-,13+,16-/m0/s1. The number of nitrogens with one attached hydrogen (secondary N) is 3. The van der Waals surface area contributed by atoms with Gasteiger partial charge in [0.1, 0.15) is 30.5 Å². The highest BCUT2D eigenvalue weighted by molar-refractivity contribution is 5.93. The lowest BCUT2D eigenvalue weighted by Crippen LogP contribution is -2.58. The van der Waals surface area contributed by atoms with Gasteiger partial charge in [0.25, 0.3) is 0 Å². The number of aliphatic hydroxyl groups excluding tert-OH is 1. The maximum absolute atomic E-state index is 12.3. The fourth-order valence-electron chi connectivity index (χ4n) is 2.38. The molecule has 0 bridgehead atoms. The number of ether oxygens (including phenoxy) is 3. The molecule has 1 aromatic carbocycles. The van der Waals surface area contributed by atoms with E-state index in [2.05, 4.69) is 20.7 Å². The molecule has 1 rings (SSSR count). The maximum Gasteiger partial charge on any atom is 0.408 e. The molecule has 0 radical (unpaired) electrons. The van der Waals surface area contributed by atoms with Crippen molar-refractivity contribution in [3.05, 3.63) is 29.8 Å². The van der Waals surface area contributed by atoms with Crippen LogP contribution in [0.25, 0.3) is 0 Å². The minimum Gasteiger partial charge on any atom is -0.497 e. The van der Waals surface area contributed by atoms with Crippen molar-refractivity contribution in [1.29, 1.82) is 0 Å². The molecular formula is C20H29N3O8. The van der Waals surface area contributed by atoms with Crippen LogP contribution in [0.4, 0.5) is 4.79 Å². The lowest BCUT2D eigenvalue weighted by Gasteiger charge is -2.24. The monoisotopic (exact) mass is 439 g/mol. The summed E-state index contributed by atoms with van der Waals surface area (Å²) in [4.78, 5) is 48.0. The van der Waals surface area contributed by atoms with Crippen LogP contribution >= 0.6 is 0 Å². The fraction of sp³-hybridized carbons (Fsp3) is 0.500. The molecule has 172 valence electrons. The first-order chi connectivity index (χ1) is 14.6. The molecule has 1 aromatic rings. The minimum atomic E-state index is -1.35. The van der Waals surface area contributed by atoms with Crippen molar-refractivity contribution in [2.24, 2.45) is 0 Å². The van der Waals surface area contributed by atoms with E-state index in [1.165, 1.54) is 35.0 Å². The van der Waals surface area contributed by atoms with E-state index in [0.29, 0.717) is 5.75 Å². The second kappa shape index (κ2) is 12.4. The Balaban J connectivity index is 2.57. The predicted molar refractivity (Wildman–Crippen MR) is 109 cm³/mol. The number of hydrogen-bond acceptors (Lipinski definition) is 8. The average molecular weight is 439 g/mol. The Morgan fingerprint density at radius 1 is 0.903 bits per heavy atom. The van der Waals surface area contributed by atoms with Gasteiger partial charge in [0.2, 0.25) is 11.8 Å². The Morgan fingerprint density at radius 3 is 2.03 bits per heavy atom. The molecule has 0 heterocycles. The first-order valence-electron chi connectivity index (χ1n) is 9.51. The summed E-state index contributed by atoms with van der Waals surface area (Å²) >= 11 is 0. The number of amides is 3. The molecule has 0 aliphatic carbocycles. The third kappa shape index (κ3) is 8.51. The largest absolute Gasteiger partial charge is 0.497 e. The summed E-state index contributed by atoms with van der Waals surface area (Å²) in [7, 11) is 2.71. The van der Waals surface area contributed by atoms with Crippen LogP contribution in [0.3, 0.4) is 0 Å². The van der Waals surface area contributed by atoms with E-state index < -0.39 is 48.1 Å². The third-order valence-electron chi connectivity index (χ3n) is 4.23. The summed E-state index contributed by atoms with van der Waals surface area (Å²) in [6, 6.07) is 3.50. The molecule has 31 heavy (non-hydrogen) atoms. The van der Waals surface area contributed by atoms with Gasteiger partial charge in [-0.2, -0.15) is 0 Å². The second-order valence-corrected chi connectivity index (χ2v) is 6.77. The molecule has 0 aromatic heterocycles. The summed E-state index contributed by atoms with van der Waals surface area (Å²) in [5.41, 5.74) is 0.721. The Labute approximate surface area is 180 Å². The molecule has 0 spiro atoms. The van der Waals surface area contributed by atoms with Crippen LogP contribution in [-0.4, -0.2) is 67.4 Å². The number of benzene rings is 1. The zero-order chi connectivity index (χ0) is 23.6. The SMILES string of the molecule is COC(=O)[C@H](C)NC(=O)[C@@H](NC(=O)[C@H](C)NC(=O)OCc1ccc(OC)cc1)[C@@H](C)O. The summed E-state index contributed by atoms with van der Waals surface area (Å²) in [6.07, 6.45) is -2.10. The van der Waals surface area contributed by atoms with Gasteiger partial charge in [-0.3, -0.25) is 9.59 Å². The van der Waals surface area contributed by atoms with Crippen molar-refractivity contribution in [3.8, 4) is 5.75 Å². The molecule has 0 aliphatic rings. The van der Waals surface area contributed by atoms with Gasteiger partial charge in [0.05, 0.1) is 20.3 Å². The molecule has 11 heteroatoms. The molecule has 3 amide bonds. The Bertz CT molecular complexity index is 766. The number of esters is 1. The first-order valence-corrected chi connectivity index (χ1v) is 9.51.